The predicted octanol–water partition coefficient (Wildman–Crippen LogP) is 3.76. The molecule has 2 atom stereocenters. The van der Waals surface area contributed by atoms with E-state index in [2.05, 4.69) is 11.9 Å². The lowest BCUT2D eigenvalue weighted by Gasteiger charge is -2.31. The maximum Gasteiger partial charge on any atom is 0.407 e. The van der Waals surface area contributed by atoms with Gasteiger partial charge in [0.2, 0.25) is 10.0 Å². The van der Waals surface area contributed by atoms with Crippen molar-refractivity contribution >= 4 is 16.1 Å². The molecule has 1 aliphatic rings. The number of hydrogen-bond acceptors (Lipinski definition) is 6. The Morgan fingerprint density at radius 1 is 1.17 bits per heavy atom. The monoisotopic (exact) mass is 516 g/mol. The first kappa shape index (κ1) is 27.7. The zero-order chi connectivity index (χ0) is 26.0. The third kappa shape index (κ3) is 7.81. The van der Waals surface area contributed by atoms with Crippen LogP contribution in [0.4, 0.5) is 4.79 Å². The molecule has 1 saturated carbocycles. The van der Waals surface area contributed by atoms with Crippen molar-refractivity contribution in [3.8, 4) is 5.75 Å². The van der Waals surface area contributed by atoms with Gasteiger partial charge in [-0.25, -0.2) is 13.2 Å². The van der Waals surface area contributed by atoms with Gasteiger partial charge in [0.1, 0.15) is 12.4 Å². The molecule has 1 fully saturated rings. The van der Waals surface area contributed by atoms with E-state index >= 15 is 0 Å². The lowest BCUT2D eigenvalue weighted by atomic mass is 10.0. The maximum absolute atomic E-state index is 13.7. The van der Waals surface area contributed by atoms with Crippen LogP contribution in [0.15, 0.2) is 72.1 Å². The van der Waals surface area contributed by atoms with Crippen LogP contribution in [0.2, 0.25) is 0 Å². The number of benzene rings is 2. The summed E-state index contributed by atoms with van der Waals surface area (Å²) in [6.07, 6.45) is 3.92. The molecule has 196 valence electrons. The summed E-state index contributed by atoms with van der Waals surface area (Å²) in [6.45, 7) is 3.71. The number of aliphatic hydroxyl groups is 1. The van der Waals surface area contributed by atoms with E-state index in [1.807, 2.05) is 30.3 Å². The van der Waals surface area contributed by atoms with Crippen LogP contribution in [0.25, 0.3) is 0 Å². The van der Waals surface area contributed by atoms with Crippen molar-refractivity contribution in [1.29, 1.82) is 0 Å². The van der Waals surface area contributed by atoms with Crippen LogP contribution in [-0.2, 0) is 21.2 Å². The molecular weight excluding hydrogens is 480 g/mol. The number of carbonyl (C=O) groups is 1. The predicted molar refractivity (Wildman–Crippen MR) is 138 cm³/mol. The van der Waals surface area contributed by atoms with Crippen molar-refractivity contribution in [3.05, 3.63) is 72.8 Å². The molecule has 0 saturated heterocycles. The highest BCUT2D eigenvalue weighted by Crippen LogP contribution is 2.28. The van der Waals surface area contributed by atoms with E-state index in [1.54, 1.807) is 12.1 Å². The molecule has 8 nitrogen and oxygen atoms in total. The van der Waals surface area contributed by atoms with Gasteiger partial charge in [-0.2, -0.15) is 4.31 Å². The Morgan fingerprint density at radius 2 is 1.83 bits per heavy atom. The number of methoxy groups -OCH3 is 1. The Kier molecular flexibility index (Phi) is 10.3. The lowest BCUT2D eigenvalue weighted by Crippen LogP contribution is -2.51. The van der Waals surface area contributed by atoms with E-state index in [1.165, 1.54) is 29.6 Å². The summed E-state index contributed by atoms with van der Waals surface area (Å²) in [5, 5.41) is 14.0. The smallest absolute Gasteiger partial charge is 0.407 e. The number of rotatable bonds is 13. The largest absolute Gasteiger partial charge is 0.497 e. The van der Waals surface area contributed by atoms with Gasteiger partial charge in [0.05, 0.1) is 24.2 Å². The molecule has 0 unspecified atom stereocenters. The third-order valence-electron chi connectivity index (χ3n) is 6.42. The number of amides is 1. The first-order chi connectivity index (χ1) is 17.3. The van der Waals surface area contributed by atoms with Crippen LogP contribution in [-0.4, -0.2) is 62.9 Å². The standard InChI is InChI=1S/C27H36N2O6S/c1-3-17-35-27(31)28-25(18-21-9-5-4-6-10-21)26(30)20-29(19-22-11-7-8-12-22)36(32,33)24-15-13-23(34-2)14-16-24/h3-6,9-10,13-16,22,25-26,30H,1,7-8,11-12,17-20H2,2H3,(H,28,31)/t25-,26+/m0/s1. The molecule has 0 heterocycles. The summed E-state index contributed by atoms with van der Waals surface area (Å²) in [5.41, 5.74) is 0.894. The minimum absolute atomic E-state index is 0.0274. The molecule has 0 bridgehead atoms. The van der Waals surface area contributed by atoms with Crippen molar-refractivity contribution in [2.75, 3.05) is 26.8 Å². The van der Waals surface area contributed by atoms with E-state index in [4.69, 9.17) is 9.47 Å². The van der Waals surface area contributed by atoms with Gasteiger partial charge in [-0.15, -0.1) is 0 Å². The zero-order valence-electron chi connectivity index (χ0n) is 20.7. The highest BCUT2D eigenvalue weighted by molar-refractivity contribution is 7.89. The van der Waals surface area contributed by atoms with Crippen molar-refractivity contribution < 1.29 is 27.8 Å². The number of sulfonamides is 1. The van der Waals surface area contributed by atoms with Gasteiger partial charge < -0.3 is 19.9 Å². The molecule has 9 heteroatoms. The third-order valence-corrected chi connectivity index (χ3v) is 8.27. The minimum atomic E-state index is -3.90. The molecule has 0 spiro atoms. The van der Waals surface area contributed by atoms with Gasteiger partial charge >= 0.3 is 6.09 Å². The topological polar surface area (TPSA) is 105 Å². The van der Waals surface area contributed by atoms with Crippen LogP contribution in [0.3, 0.4) is 0 Å². The van der Waals surface area contributed by atoms with Crippen LogP contribution in [0.5, 0.6) is 5.75 Å². The molecular formula is C27H36N2O6S. The van der Waals surface area contributed by atoms with Crippen molar-refractivity contribution in [2.24, 2.45) is 5.92 Å². The highest BCUT2D eigenvalue weighted by Gasteiger charge is 2.33. The lowest BCUT2D eigenvalue weighted by molar-refractivity contribution is 0.0912. The summed E-state index contributed by atoms with van der Waals surface area (Å²) >= 11 is 0. The number of carbonyl (C=O) groups excluding carboxylic acids is 1. The van der Waals surface area contributed by atoms with Crippen molar-refractivity contribution in [3.63, 3.8) is 0 Å². The molecule has 3 rings (SSSR count). The van der Waals surface area contributed by atoms with Gasteiger partial charge in [-0.3, -0.25) is 0 Å². The molecule has 1 aliphatic carbocycles. The van der Waals surface area contributed by atoms with Crippen molar-refractivity contribution in [1.82, 2.24) is 9.62 Å². The molecule has 0 radical (unpaired) electrons. The van der Waals surface area contributed by atoms with Gasteiger partial charge in [0.15, 0.2) is 0 Å². The number of nitrogens with zero attached hydrogens (tertiary/aromatic N) is 1. The summed E-state index contributed by atoms with van der Waals surface area (Å²) in [4.78, 5) is 12.4. The summed E-state index contributed by atoms with van der Waals surface area (Å²) in [7, 11) is -2.38. The van der Waals surface area contributed by atoms with Gasteiger partial charge in [0.25, 0.3) is 0 Å². The molecule has 0 aromatic heterocycles. The fraction of sp³-hybridized carbons (Fsp3) is 0.444. The zero-order valence-corrected chi connectivity index (χ0v) is 21.5. The second-order valence-electron chi connectivity index (χ2n) is 9.04. The molecule has 36 heavy (non-hydrogen) atoms. The average molecular weight is 517 g/mol. The van der Waals surface area contributed by atoms with Crippen LogP contribution < -0.4 is 10.1 Å². The normalized spacial score (nSPS) is 15.9. The second kappa shape index (κ2) is 13.4. The summed E-state index contributed by atoms with van der Waals surface area (Å²) in [5.74, 6) is 0.782. The van der Waals surface area contributed by atoms with Gasteiger partial charge in [-0.05, 0) is 55.0 Å². The summed E-state index contributed by atoms with van der Waals surface area (Å²) < 4.78 is 38.9. The number of ether oxygens (including phenoxy) is 2. The van der Waals surface area contributed by atoms with Crippen molar-refractivity contribution in [2.45, 2.75) is 49.1 Å². The quantitative estimate of drug-likeness (QED) is 0.393. The van der Waals surface area contributed by atoms with Crippen LogP contribution in [0.1, 0.15) is 31.2 Å². The van der Waals surface area contributed by atoms with E-state index in [-0.39, 0.29) is 24.0 Å². The number of nitrogens with one attached hydrogen (secondary N) is 1. The van der Waals surface area contributed by atoms with E-state index in [0.717, 1.165) is 31.2 Å². The van der Waals surface area contributed by atoms with E-state index < -0.39 is 28.3 Å². The Hall–Kier alpha value is -2.88. The Balaban J connectivity index is 1.84. The number of aliphatic hydroxyl groups excluding tert-OH is 1. The van der Waals surface area contributed by atoms with E-state index in [9.17, 15) is 18.3 Å². The Morgan fingerprint density at radius 3 is 2.44 bits per heavy atom. The molecule has 2 N–H and O–H groups in total. The second-order valence-corrected chi connectivity index (χ2v) is 11.0. The maximum atomic E-state index is 13.7. The molecule has 1 amide bonds. The summed E-state index contributed by atoms with van der Waals surface area (Å²) in [6, 6.07) is 14.9. The molecule has 2 aromatic carbocycles. The highest BCUT2D eigenvalue weighted by atomic mass is 32.2. The van der Waals surface area contributed by atoms with Crippen LogP contribution >= 0.6 is 0 Å². The Labute approximate surface area is 214 Å². The van der Waals surface area contributed by atoms with Gasteiger partial charge in [-0.1, -0.05) is 55.8 Å². The first-order valence-corrected chi connectivity index (χ1v) is 13.7. The number of hydrogen-bond donors (Lipinski definition) is 2. The molecule has 0 aliphatic heterocycles. The fourth-order valence-electron chi connectivity index (χ4n) is 4.46. The SMILES string of the molecule is C=CCOC(=O)N[C@@H](Cc1ccccc1)[C@H](O)CN(CC1CCCC1)S(=O)(=O)c1ccc(OC)cc1. The van der Waals surface area contributed by atoms with Crippen LogP contribution in [0, 0.1) is 5.92 Å². The minimum Gasteiger partial charge on any atom is -0.497 e. The number of alkyl carbamates (subject to hydrolysis) is 1. The van der Waals surface area contributed by atoms with Gasteiger partial charge in [0, 0.05) is 13.1 Å². The molecule has 2 aromatic rings. The average Bonchev–Trinajstić information content (AvgIpc) is 3.40. The first-order valence-electron chi connectivity index (χ1n) is 12.2. The Bertz CT molecular complexity index is 1070. The van der Waals surface area contributed by atoms with E-state index in [0.29, 0.717) is 18.7 Å². The fourth-order valence-corrected chi connectivity index (χ4v) is 6.00.